The molecule has 0 amide bonds. The van der Waals surface area contributed by atoms with E-state index in [1.165, 1.54) is 12.8 Å². The van der Waals surface area contributed by atoms with Crippen molar-refractivity contribution in [3.8, 4) is 0 Å². The van der Waals surface area contributed by atoms with Gasteiger partial charge in [0.15, 0.2) is 0 Å². The zero-order valence-corrected chi connectivity index (χ0v) is 12.9. The van der Waals surface area contributed by atoms with Crippen molar-refractivity contribution in [3.05, 3.63) is 47.5 Å². The maximum absolute atomic E-state index is 8.83. The summed E-state index contributed by atoms with van der Waals surface area (Å²) in [5.41, 5.74) is 2.66. The summed E-state index contributed by atoms with van der Waals surface area (Å²) in [7, 11) is 0. The highest BCUT2D eigenvalue weighted by Crippen LogP contribution is 2.35. The van der Waals surface area contributed by atoms with Crippen LogP contribution in [0.3, 0.4) is 0 Å². The highest BCUT2D eigenvalue weighted by molar-refractivity contribution is 9.10. The fourth-order valence-electron chi connectivity index (χ4n) is 1.90. The molecular formula is C16H18BrNO2. The normalized spacial score (nSPS) is 15.0. The molecule has 1 aliphatic rings. The van der Waals surface area contributed by atoms with Crippen LogP contribution in [0.2, 0.25) is 0 Å². The number of aliphatic hydroxyl groups is 1. The van der Waals surface area contributed by atoms with Crippen LogP contribution in [-0.2, 0) is 4.74 Å². The van der Waals surface area contributed by atoms with Crippen molar-refractivity contribution in [2.24, 2.45) is 10.9 Å². The van der Waals surface area contributed by atoms with Crippen molar-refractivity contribution < 1.29 is 9.84 Å². The van der Waals surface area contributed by atoms with Crippen molar-refractivity contribution in [2.45, 2.75) is 12.8 Å². The van der Waals surface area contributed by atoms with Gasteiger partial charge in [-0.3, -0.25) is 4.99 Å². The number of aliphatic imine (C=N–C) groups is 1. The Balaban J connectivity index is 2.32. The van der Waals surface area contributed by atoms with Crippen molar-refractivity contribution in [1.29, 1.82) is 0 Å². The Morgan fingerprint density at radius 2 is 2.25 bits per heavy atom. The molecule has 1 aliphatic carbocycles. The summed E-state index contributed by atoms with van der Waals surface area (Å²) < 4.78 is 6.34. The molecule has 0 bridgehead atoms. The van der Waals surface area contributed by atoms with Crippen LogP contribution in [0, 0.1) is 5.92 Å². The van der Waals surface area contributed by atoms with E-state index in [4.69, 9.17) is 9.84 Å². The Bertz CT molecular complexity index is 547. The van der Waals surface area contributed by atoms with Gasteiger partial charge in [-0.15, -0.1) is 0 Å². The molecule has 20 heavy (non-hydrogen) atoms. The van der Waals surface area contributed by atoms with E-state index in [0.717, 1.165) is 21.4 Å². The number of benzene rings is 1. The molecule has 106 valence electrons. The van der Waals surface area contributed by atoms with Crippen LogP contribution in [0.4, 0.5) is 5.69 Å². The van der Waals surface area contributed by atoms with E-state index in [-0.39, 0.29) is 13.2 Å². The Morgan fingerprint density at radius 1 is 1.50 bits per heavy atom. The highest BCUT2D eigenvalue weighted by atomic mass is 79.9. The molecule has 4 heteroatoms. The second kappa shape index (κ2) is 6.86. The number of allylic oxidation sites excluding steroid dienone is 1. The van der Waals surface area contributed by atoms with Gasteiger partial charge >= 0.3 is 0 Å². The lowest BCUT2D eigenvalue weighted by Crippen LogP contribution is -1.99. The molecule has 0 radical (unpaired) electrons. The number of hydrogen-bond acceptors (Lipinski definition) is 3. The van der Waals surface area contributed by atoms with Crippen LogP contribution in [-0.4, -0.2) is 24.0 Å². The molecule has 2 rings (SSSR count). The van der Waals surface area contributed by atoms with Gasteiger partial charge in [-0.2, -0.15) is 0 Å². The minimum absolute atomic E-state index is 0.0361. The van der Waals surface area contributed by atoms with Crippen molar-refractivity contribution in [2.75, 3.05) is 13.2 Å². The van der Waals surface area contributed by atoms with Crippen LogP contribution < -0.4 is 0 Å². The molecule has 1 fully saturated rings. The summed E-state index contributed by atoms with van der Waals surface area (Å²) in [6, 6.07) is 5.79. The number of rotatable bonds is 7. The molecule has 0 aromatic heterocycles. The Hall–Kier alpha value is -1.39. The molecule has 0 saturated heterocycles. The summed E-state index contributed by atoms with van der Waals surface area (Å²) in [5.74, 6) is 1.05. The van der Waals surface area contributed by atoms with Crippen LogP contribution in [0.25, 0.3) is 5.76 Å². The molecule has 0 heterocycles. The monoisotopic (exact) mass is 335 g/mol. The molecule has 1 aromatic carbocycles. The predicted octanol–water partition coefficient (Wildman–Crippen LogP) is 4.10. The van der Waals surface area contributed by atoms with Gasteiger partial charge in [-0.05, 0) is 37.1 Å². The first-order chi connectivity index (χ1) is 9.65. The van der Waals surface area contributed by atoms with E-state index in [2.05, 4.69) is 34.1 Å². The standard InChI is InChI=1S/C16H18BrNO2/c1-3-15(12-4-5-12)18-16-7-6-13(17)10-14(16)11(2)20-9-8-19/h3,6-7,10,12,19H,1-2,4-5,8-9H2. The minimum Gasteiger partial charge on any atom is -0.491 e. The molecule has 1 aromatic rings. The average molecular weight is 336 g/mol. The Labute approximate surface area is 127 Å². The molecular weight excluding hydrogens is 318 g/mol. The summed E-state index contributed by atoms with van der Waals surface area (Å²) in [4.78, 5) is 4.68. The molecule has 3 nitrogen and oxygen atoms in total. The van der Waals surface area contributed by atoms with Gasteiger partial charge in [0.05, 0.1) is 12.3 Å². The summed E-state index contributed by atoms with van der Waals surface area (Å²) in [5, 5.41) is 8.83. The first-order valence-corrected chi connectivity index (χ1v) is 7.38. The molecule has 0 spiro atoms. The van der Waals surface area contributed by atoms with Crippen molar-refractivity contribution >= 4 is 33.1 Å². The SMILES string of the molecule is C=CC(=Nc1ccc(Br)cc1C(=C)OCCO)C1CC1. The lowest BCUT2D eigenvalue weighted by atomic mass is 10.1. The zero-order valence-electron chi connectivity index (χ0n) is 11.3. The fourth-order valence-corrected chi connectivity index (χ4v) is 2.26. The van der Waals surface area contributed by atoms with E-state index >= 15 is 0 Å². The first-order valence-electron chi connectivity index (χ1n) is 6.59. The lowest BCUT2D eigenvalue weighted by molar-refractivity contribution is 0.181. The second-order valence-electron chi connectivity index (χ2n) is 4.67. The number of halogens is 1. The van der Waals surface area contributed by atoms with Gasteiger partial charge < -0.3 is 9.84 Å². The number of aliphatic hydroxyl groups excluding tert-OH is 1. The third-order valence-corrected chi connectivity index (χ3v) is 3.57. The Kier molecular flexibility index (Phi) is 5.15. The number of nitrogens with zero attached hydrogens (tertiary/aromatic N) is 1. The highest BCUT2D eigenvalue weighted by Gasteiger charge is 2.25. The predicted molar refractivity (Wildman–Crippen MR) is 86.2 cm³/mol. The van der Waals surface area contributed by atoms with Gasteiger partial charge in [-0.25, -0.2) is 0 Å². The van der Waals surface area contributed by atoms with Gasteiger partial charge in [-0.1, -0.05) is 29.1 Å². The second-order valence-corrected chi connectivity index (χ2v) is 5.59. The Morgan fingerprint density at radius 3 is 2.85 bits per heavy atom. The molecule has 0 unspecified atom stereocenters. The zero-order chi connectivity index (χ0) is 14.5. The maximum atomic E-state index is 8.83. The molecule has 0 atom stereocenters. The molecule has 1 saturated carbocycles. The number of hydrogen-bond donors (Lipinski definition) is 1. The van der Waals surface area contributed by atoms with Crippen LogP contribution >= 0.6 is 15.9 Å². The van der Waals surface area contributed by atoms with Crippen LogP contribution in [0.1, 0.15) is 18.4 Å². The van der Waals surface area contributed by atoms with Gasteiger partial charge in [0.1, 0.15) is 12.4 Å². The molecule has 1 N–H and O–H groups in total. The fraction of sp³-hybridized carbons (Fsp3) is 0.312. The summed E-state index contributed by atoms with van der Waals surface area (Å²) in [6.45, 7) is 7.93. The first kappa shape index (κ1) is 15.0. The average Bonchev–Trinajstić information content (AvgIpc) is 3.27. The van der Waals surface area contributed by atoms with E-state index in [0.29, 0.717) is 11.7 Å². The third-order valence-electron chi connectivity index (χ3n) is 3.08. The maximum Gasteiger partial charge on any atom is 0.121 e. The largest absolute Gasteiger partial charge is 0.491 e. The van der Waals surface area contributed by atoms with Gasteiger partial charge in [0.2, 0.25) is 0 Å². The van der Waals surface area contributed by atoms with E-state index in [1.54, 1.807) is 0 Å². The van der Waals surface area contributed by atoms with Gasteiger partial charge in [0.25, 0.3) is 0 Å². The van der Waals surface area contributed by atoms with Crippen molar-refractivity contribution in [3.63, 3.8) is 0 Å². The van der Waals surface area contributed by atoms with Crippen LogP contribution in [0.5, 0.6) is 0 Å². The van der Waals surface area contributed by atoms with E-state index in [9.17, 15) is 0 Å². The lowest BCUT2D eigenvalue weighted by Gasteiger charge is -2.11. The summed E-state index contributed by atoms with van der Waals surface area (Å²) in [6.07, 6.45) is 4.18. The number of ether oxygens (including phenoxy) is 1. The van der Waals surface area contributed by atoms with Gasteiger partial charge in [0, 0.05) is 21.7 Å². The smallest absolute Gasteiger partial charge is 0.121 e. The quantitative estimate of drug-likeness (QED) is 0.602. The van der Waals surface area contributed by atoms with E-state index in [1.807, 2.05) is 24.3 Å². The van der Waals surface area contributed by atoms with E-state index < -0.39 is 0 Å². The topological polar surface area (TPSA) is 41.8 Å². The van der Waals surface area contributed by atoms with Crippen LogP contribution in [0.15, 0.2) is 46.9 Å². The third kappa shape index (κ3) is 3.81. The summed E-state index contributed by atoms with van der Waals surface area (Å²) >= 11 is 3.44. The van der Waals surface area contributed by atoms with Crippen molar-refractivity contribution in [1.82, 2.24) is 0 Å². The minimum atomic E-state index is -0.0361. The molecule has 0 aliphatic heterocycles.